The van der Waals surface area contributed by atoms with Crippen molar-refractivity contribution in [3.05, 3.63) is 59.2 Å². The van der Waals surface area contributed by atoms with Crippen molar-refractivity contribution in [1.29, 1.82) is 0 Å². The van der Waals surface area contributed by atoms with Crippen LogP contribution < -0.4 is 10.1 Å². The summed E-state index contributed by atoms with van der Waals surface area (Å²) in [7, 11) is -2.28. The largest absolute Gasteiger partial charge is 0.495 e. The Morgan fingerprint density at radius 2 is 1.71 bits per heavy atom. The van der Waals surface area contributed by atoms with Crippen LogP contribution in [0.1, 0.15) is 60.0 Å². The van der Waals surface area contributed by atoms with Crippen LogP contribution in [-0.2, 0) is 16.6 Å². The summed E-state index contributed by atoms with van der Waals surface area (Å²) in [5.74, 6) is 0.0346. The minimum Gasteiger partial charge on any atom is -0.495 e. The lowest BCUT2D eigenvalue weighted by Crippen LogP contribution is -2.44. The molecular weight excluding hydrogens is 462 g/mol. The normalized spacial score (nSPS) is 18.7. The second kappa shape index (κ2) is 11.5. The predicted molar refractivity (Wildman–Crippen MR) is 137 cm³/mol. The van der Waals surface area contributed by atoms with Gasteiger partial charge in [0.15, 0.2) is 0 Å². The summed E-state index contributed by atoms with van der Waals surface area (Å²) in [6.07, 6.45) is 5.51. The first kappa shape index (κ1) is 25.7. The Kier molecular flexibility index (Phi) is 8.46. The van der Waals surface area contributed by atoms with Gasteiger partial charge in [-0.1, -0.05) is 42.7 Å². The van der Waals surface area contributed by atoms with Gasteiger partial charge in [-0.3, -0.25) is 9.69 Å². The fourth-order valence-electron chi connectivity index (χ4n) is 5.01. The zero-order valence-electron chi connectivity index (χ0n) is 20.8. The average Bonchev–Trinajstić information content (AvgIpc) is 3.15. The van der Waals surface area contributed by atoms with Crippen molar-refractivity contribution in [2.75, 3.05) is 33.3 Å². The number of nitrogens with one attached hydrogen (secondary N) is 1. The fraction of sp³-hybridized carbons (Fsp3) is 0.519. The summed E-state index contributed by atoms with van der Waals surface area (Å²) < 4.78 is 33.7. The molecule has 0 unspecified atom stereocenters. The van der Waals surface area contributed by atoms with Gasteiger partial charge in [-0.25, -0.2) is 8.42 Å². The summed E-state index contributed by atoms with van der Waals surface area (Å²) in [5.41, 5.74) is 2.92. The highest BCUT2D eigenvalue weighted by atomic mass is 32.2. The summed E-state index contributed by atoms with van der Waals surface area (Å²) in [4.78, 5) is 15.5. The summed E-state index contributed by atoms with van der Waals surface area (Å²) in [6.45, 7) is 5.85. The number of methoxy groups -OCH3 is 1. The van der Waals surface area contributed by atoms with E-state index in [1.165, 1.54) is 28.6 Å². The first-order valence-corrected chi connectivity index (χ1v) is 14.1. The Morgan fingerprint density at radius 1 is 1.00 bits per heavy atom. The maximum atomic E-state index is 13.4. The van der Waals surface area contributed by atoms with Gasteiger partial charge >= 0.3 is 0 Å². The molecule has 2 saturated heterocycles. The van der Waals surface area contributed by atoms with Crippen molar-refractivity contribution >= 4 is 15.9 Å². The molecule has 0 saturated carbocycles. The van der Waals surface area contributed by atoms with E-state index in [0.717, 1.165) is 58.2 Å². The second-order valence-corrected chi connectivity index (χ2v) is 11.6. The number of ether oxygens (including phenoxy) is 1. The van der Waals surface area contributed by atoms with E-state index in [-0.39, 0.29) is 22.6 Å². The molecule has 0 atom stereocenters. The molecule has 190 valence electrons. The van der Waals surface area contributed by atoms with Crippen LogP contribution in [0.3, 0.4) is 0 Å². The van der Waals surface area contributed by atoms with Crippen LogP contribution in [0.2, 0.25) is 0 Å². The molecule has 1 amide bonds. The van der Waals surface area contributed by atoms with Crippen molar-refractivity contribution < 1.29 is 17.9 Å². The first-order chi connectivity index (χ1) is 16.9. The Morgan fingerprint density at radius 3 is 2.37 bits per heavy atom. The van der Waals surface area contributed by atoms with Gasteiger partial charge in [0.05, 0.1) is 7.11 Å². The number of rotatable bonds is 7. The molecule has 2 aromatic carbocycles. The molecule has 2 fully saturated rings. The van der Waals surface area contributed by atoms with Gasteiger partial charge in [-0.05, 0) is 56.4 Å². The minimum atomic E-state index is -3.74. The summed E-state index contributed by atoms with van der Waals surface area (Å²) in [6, 6.07) is 13.3. The third kappa shape index (κ3) is 6.42. The molecule has 4 rings (SSSR count). The van der Waals surface area contributed by atoms with Crippen molar-refractivity contribution in [3.8, 4) is 5.75 Å². The summed E-state index contributed by atoms with van der Waals surface area (Å²) >= 11 is 0. The molecule has 0 bridgehead atoms. The number of likely N-dealkylation sites (tertiary alicyclic amines) is 1. The highest BCUT2D eigenvalue weighted by Crippen LogP contribution is 2.29. The van der Waals surface area contributed by atoms with Crippen molar-refractivity contribution in [2.24, 2.45) is 0 Å². The number of carbonyl (C=O) groups is 1. The number of nitrogens with zero attached hydrogens (tertiary/aromatic N) is 2. The molecule has 7 nitrogen and oxygen atoms in total. The molecule has 0 radical (unpaired) electrons. The molecule has 0 spiro atoms. The van der Waals surface area contributed by atoms with E-state index in [9.17, 15) is 13.2 Å². The molecule has 35 heavy (non-hydrogen) atoms. The van der Waals surface area contributed by atoms with Gasteiger partial charge in [0.2, 0.25) is 10.0 Å². The highest BCUT2D eigenvalue weighted by molar-refractivity contribution is 7.89. The van der Waals surface area contributed by atoms with Crippen LogP contribution in [0.4, 0.5) is 0 Å². The summed E-state index contributed by atoms with van der Waals surface area (Å²) in [5, 5.41) is 3.12. The number of amides is 1. The SMILES string of the molecule is COc1ccc(C(=O)NC2CCN(Cc3cccc(C)c3)CC2)cc1S(=O)(=O)N1CCCCCC1. The van der Waals surface area contributed by atoms with E-state index in [1.807, 2.05) is 0 Å². The number of sulfonamides is 1. The van der Waals surface area contributed by atoms with Crippen LogP contribution in [0.15, 0.2) is 47.4 Å². The van der Waals surface area contributed by atoms with Crippen molar-refractivity contribution in [2.45, 2.75) is 62.9 Å². The predicted octanol–water partition coefficient (Wildman–Crippen LogP) is 3.96. The average molecular weight is 500 g/mol. The monoisotopic (exact) mass is 499 g/mol. The molecule has 2 heterocycles. The van der Waals surface area contributed by atoms with E-state index in [4.69, 9.17) is 4.74 Å². The van der Waals surface area contributed by atoms with E-state index in [2.05, 4.69) is 41.4 Å². The number of hydrogen-bond acceptors (Lipinski definition) is 5. The number of benzene rings is 2. The first-order valence-electron chi connectivity index (χ1n) is 12.6. The fourth-order valence-corrected chi connectivity index (χ4v) is 6.71. The van der Waals surface area contributed by atoms with E-state index < -0.39 is 10.0 Å². The molecule has 1 N–H and O–H groups in total. The standard InChI is InChI=1S/C27H37N3O4S/c1-21-8-7-9-22(18-21)20-29-16-12-24(13-17-29)28-27(31)23-10-11-25(34-2)26(19-23)35(32,33)30-14-5-3-4-6-15-30/h7-11,18-19,24H,3-6,12-17,20H2,1-2H3,(H,28,31). The topological polar surface area (TPSA) is 79.0 Å². The quantitative estimate of drug-likeness (QED) is 0.624. The van der Waals surface area contributed by atoms with Gasteiger partial charge in [-0.15, -0.1) is 0 Å². The van der Waals surface area contributed by atoms with Gasteiger partial charge in [0.25, 0.3) is 5.91 Å². The van der Waals surface area contributed by atoms with E-state index in [1.54, 1.807) is 12.1 Å². The second-order valence-electron chi connectivity index (χ2n) is 9.70. The van der Waals surface area contributed by atoms with E-state index >= 15 is 0 Å². The van der Waals surface area contributed by atoms with Crippen LogP contribution in [0.5, 0.6) is 5.75 Å². The maximum Gasteiger partial charge on any atom is 0.251 e. The van der Waals surface area contributed by atoms with Crippen LogP contribution in [0, 0.1) is 6.92 Å². The lowest BCUT2D eigenvalue weighted by Gasteiger charge is -2.32. The molecular formula is C27H37N3O4S. The Balaban J connectivity index is 1.40. The van der Waals surface area contributed by atoms with Crippen LogP contribution >= 0.6 is 0 Å². The van der Waals surface area contributed by atoms with Crippen LogP contribution in [-0.4, -0.2) is 62.9 Å². The zero-order valence-corrected chi connectivity index (χ0v) is 21.6. The lowest BCUT2D eigenvalue weighted by molar-refractivity contribution is 0.0908. The van der Waals surface area contributed by atoms with Crippen LogP contribution in [0.25, 0.3) is 0 Å². The third-order valence-corrected chi connectivity index (χ3v) is 8.94. The highest BCUT2D eigenvalue weighted by Gasteiger charge is 2.30. The van der Waals surface area contributed by atoms with Gasteiger partial charge in [0.1, 0.15) is 10.6 Å². The molecule has 8 heteroatoms. The van der Waals surface area contributed by atoms with Gasteiger partial charge < -0.3 is 10.1 Å². The smallest absolute Gasteiger partial charge is 0.251 e. The molecule has 0 aliphatic carbocycles. The van der Waals surface area contributed by atoms with Crippen molar-refractivity contribution in [3.63, 3.8) is 0 Å². The molecule has 2 aliphatic rings. The van der Waals surface area contributed by atoms with Gasteiger partial charge in [0, 0.05) is 44.3 Å². The number of hydrogen-bond donors (Lipinski definition) is 1. The zero-order chi connectivity index (χ0) is 24.8. The van der Waals surface area contributed by atoms with E-state index in [0.29, 0.717) is 18.7 Å². The molecule has 2 aromatic rings. The number of piperidine rings is 1. The Bertz CT molecular complexity index is 1120. The maximum absolute atomic E-state index is 13.4. The van der Waals surface area contributed by atoms with Crippen molar-refractivity contribution in [1.82, 2.24) is 14.5 Å². The number of aryl methyl sites for hydroxylation is 1. The molecule has 0 aromatic heterocycles. The third-order valence-electron chi connectivity index (χ3n) is 7.02. The molecule has 2 aliphatic heterocycles. The van der Waals surface area contributed by atoms with Gasteiger partial charge in [-0.2, -0.15) is 4.31 Å². The Hall–Kier alpha value is -2.42. The Labute approximate surface area is 209 Å². The lowest BCUT2D eigenvalue weighted by atomic mass is 10.0. The minimum absolute atomic E-state index is 0.0718. The number of carbonyl (C=O) groups excluding carboxylic acids is 1.